The lowest BCUT2D eigenvalue weighted by Gasteiger charge is -1.94. The van der Waals surface area contributed by atoms with Crippen molar-refractivity contribution in [3.05, 3.63) is 48.0 Å². The summed E-state index contributed by atoms with van der Waals surface area (Å²) >= 11 is 0. The molecular weight excluding hydrogens is 146 g/mol. The van der Waals surface area contributed by atoms with Crippen LogP contribution >= 0.6 is 0 Å². The Bertz CT molecular complexity index is 280. The minimum Gasteiger partial charge on any atom is -0.193 e. The molecule has 1 aromatic rings. The largest absolute Gasteiger partial charge is 0.193 e. The summed E-state index contributed by atoms with van der Waals surface area (Å²) in [6, 6.07) is 12.2. The van der Waals surface area contributed by atoms with Gasteiger partial charge in [0.15, 0.2) is 0 Å². The third kappa shape index (κ3) is 3.03. The number of rotatable bonds is 3. The molecule has 0 aromatic heterocycles. The Morgan fingerprint density at radius 2 is 2.00 bits per heavy atom. The van der Waals surface area contributed by atoms with E-state index in [0.717, 1.165) is 12.8 Å². The van der Waals surface area contributed by atoms with Gasteiger partial charge in [0.1, 0.15) is 0 Å². The molecule has 0 atom stereocenters. The van der Waals surface area contributed by atoms with Crippen LogP contribution in [0, 0.1) is 11.3 Å². The molecule has 0 fully saturated rings. The van der Waals surface area contributed by atoms with Gasteiger partial charge in [0.05, 0.1) is 6.07 Å². The number of nitrogens with zero attached hydrogens (tertiary/aromatic N) is 1. The molecule has 0 radical (unpaired) electrons. The molecular formula is C11H11N. The highest BCUT2D eigenvalue weighted by molar-refractivity contribution is 5.15. The fourth-order valence-corrected chi connectivity index (χ4v) is 1.03. The van der Waals surface area contributed by atoms with Gasteiger partial charge in [0.25, 0.3) is 0 Å². The maximum atomic E-state index is 8.23. The summed E-state index contributed by atoms with van der Waals surface area (Å²) in [4.78, 5) is 0. The molecule has 0 aliphatic carbocycles. The summed E-state index contributed by atoms with van der Waals surface area (Å²) in [6.45, 7) is 0. The Morgan fingerprint density at radius 1 is 1.25 bits per heavy atom. The lowest BCUT2D eigenvalue weighted by Crippen LogP contribution is -1.80. The van der Waals surface area contributed by atoms with E-state index in [-0.39, 0.29) is 0 Å². The van der Waals surface area contributed by atoms with E-state index in [9.17, 15) is 0 Å². The number of benzene rings is 1. The van der Waals surface area contributed by atoms with Crippen LogP contribution < -0.4 is 0 Å². The van der Waals surface area contributed by atoms with Gasteiger partial charge in [-0.25, -0.2) is 0 Å². The van der Waals surface area contributed by atoms with Gasteiger partial charge in [0.2, 0.25) is 0 Å². The zero-order chi connectivity index (χ0) is 8.65. The summed E-state index contributed by atoms with van der Waals surface area (Å²) < 4.78 is 0. The molecule has 1 nitrogen and oxygen atoms in total. The van der Waals surface area contributed by atoms with Crippen LogP contribution in [-0.4, -0.2) is 0 Å². The first-order chi connectivity index (χ1) is 5.93. The van der Waals surface area contributed by atoms with Crippen LogP contribution in [0.25, 0.3) is 0 Å². The third-order valence-corrected chi connectivity index (χ3v) is 1.63. The van der Waals surface area contributed by atoms with Crippen molar-refractivity contribution in [2.45, 2.75) is 12.8 Å². The first-order valence-electron chi connectivity index (χ1n) is 4.02. The lowest BCUT2D eigenvalue weighted by atomic mass is 10.1. The number of allylic oxidation sites excluding steroid dienone is 2. The summed E-state index contributed by atoms with van der Waals surface area (Å²) in [6.07, 6.45) is 5.38. The number of hydrogen-bond donors (Lipinski definition) is 0. The number of aryl methyl sites for hydroxylation is 1. The topological polar surface area (TPSA) is 23.8 Å². The average molecular weight is 157 g/mol. The van der Waals surface area contributed by atoms with Crippen LogP contribution in [0.5, 0.6) is 0 Å². The van der Waals surface area contributed by atoms with E-state index in [1.54, 1.807) is 0 Å². The van der Waals surface area contributed by atoms with Crippen molar-refractivity contribution >= 4 is 0 Å². The summed E-state index contributed by atoms with van der Waals surface area (Å²) in [5.74, 6) is 0. The van der Waals surface area contributed by atoms with Crippen LogP contribution in [0.1, 0.15) is 12.0 Å². The van der Waals surface area contributed by atoms with E-state index in [2.05, 4.69) is 12.1 Å². The molecule has 1 aromatic carbocycles. The van der Waals surface area contributed by atoms with Crippen molar-refractivity contribution in [1.29, 1.82) is 5.26 Å². The van der Waals surface area contributed by atoms with E-state index < -0.39 is 0 Å². The average Bonchev–Trinajstić information content (AvgIpc) is 2.14. The van der Waals surface area contributed by atoms with Gasteiger partial charge < -0.3 is 0 Å². The van der Waals surface area contributed by atoms with Crippen LogP contribution in [0.4, 0.5) is 0 Å². The van der Waals surface area contributed by atoms with E-state index in [1.807, 2.05) is 30.3 Å². The minimum absolute atomic E-state index is 0.942. The monoisotopic (exact) mass is 157 g/mol. The van der Waals surface area contributed by atoms with Crippen LogP contribution in [0.2, 0.25) is 0 Å². The highest BCUT2D eigenvalue weighted by Crippen LogP contribution is 2.02. The molecule has 0 spiro atoms. The number of hydrogen-bond acceptors (Lipinski definition) is 1. The molecule has 60 valence electrons. The molecule has 0 aliphatic rings. The quantitative estimate of drug-likeness (QED) is 0.619. The van der Waals surface area contributed by atoms with Crippen LogP contribution in [0.15, 0.2) is 42.5 Å². The van der Waals surface area contributed by atoms with Gasteiger partial charge in [-0.1, -0.05) is 36.4 Å². The summed E-state index contributed by atoms with van der Waals surface area (Å²) in [5.41, 5.74) is 1.32. The smallest absolute Gasteiger partial charge is 0.0908 e. The summed E-state index contributed by atoms with van der Waals surface area (Å²) in [7, 11) is 0. The highest BCUT2D eigenvalue weighted by Gasteiger charge is 1.86. The van der Waals surface area contributed by atoms with Crippen molar-refractivity contribution in [2.75, 3.05) is 0 Å². The molecule has 0 heterocycles. The molecule has 12 heavy (non-hydrogen) atoms. The van der Waals surface area contributed by atoms with Gasteiger partial charge in [-0.3, -0.25) is 0 Å². The lowest BCUT2D eigenvalue weighted by molar-refractivity contribution is 1.00. The Balaban J connectivity index is 2.35. The predicted octanol–water partition coefficient (Wildman–Crippen LogP) is 2.70. The van der Waals surface area contributed by atoms with Gasteiger partial charge in [-0.05, 0) is 18.4 Å². The minimum atomic E-state index is 0.942. The zero-order valence-electron chi connectivity index (χ0n) is 6.90. The fourth-order valence-electron chi connectivity index (χ4n) is 1.03. The van der Waals surface area contributed by atoms with Crippen LogP contribution in [0.3, 0.4) is 0 Å². The van der Waals surface area contributed by atoms with E-state index in [1.165, 1.54) is 11.6 Å². The van der Waals surface area contributed by atoms with Crippen molar-refractivity contribution in [3.8, 4) is 6.07 Å². The molecule has 0 saturated heterocycles. The van der Waals surface area contributed by atoms with E-state index in [4.69, 9.17) is 5.26 Å². The standard InChI is InChI=1S/C11H11N/c12-10-6-2-5-9-11-7-3-1-4-8-11/h1-4,6-8H,5,9H2/b6-2+. The van der Waals surface area contributed by atoms with E-state index >= 15 is 0 Å². The third-order valence-electron chi connectivity index (χ3n) is 1.63. The Hall–Kier alpha value is -1.55. The molecule has 0 unspecified atom stereocenters. The van der Waals surface area contributed by atoms with Gasteiger partial charge in [-0.15, -0.1) is 0 Å². The maximum Gasteiger partial charge on any atom is 0.0908 e. The Labute approximate surface area is 73.0 Å². The maximum absolute atomic E-state index is 8.23. The SMILES string of the molecule is N#C/C=C/CCc1ccccc1. The molecule has 1 heteroatoms. The second-order valence-electron chi connectivity index (χ2n) is 2.56. The second kappa shape index (κ2) is 5.15. The van der Waals surface area contributed by atoms with Gasteiger partial charge in [0, 0.05) is 6.08 Å². The molecule has 0 N–H and O–H groups in total. The van der Waals surface area contributed by atoms with Crippen LogP contribution in [-0.2, 0) is 6.42 Å². The van der Waals surface area contributed by atoms with Crippen molar-refractivity contribution < 1.29 is 0 Å². The summed E-state index contributed by atoms with van der Waals surface area (Å²) in [5, 5.41) is 8.23. The van der Waals surface area contributed by atoms with Crippen molar-refractivity contribution in [3.63, 3.8) is 0 Å². The van der Waals surface area contributed by atoms with Crippen molar-refractivity contribution in [2.24, 2.45) is 0 Å². The van der Waals surface area contributed by atoms with Gasteiger partial charge >= 0.3 is 0 Å². The second-order valence-corrected chi connectivity index (χ2v) is 2.56. The highest BCUT2D eigenvalue weighted by atomic mass is 14.2. The van der Waals surface area contributed by atoms with Gasteiger partial charge in [-0.2, -0.15) is 5.26 Å². The molecule has 0 amide bonds. The number of nitriles is 1. The first kappa shape index (κ1) is 8.55. The molecule has 1 rings (SSSR count). The van der Waals surface area contributed by atoms with E-state index in [0.29, 0.717) is 0 Å². The zero-order valence-corrected chi connectivity index (χ0v) is 6.90. The van der Waals surface area contributed by atoms with Crippen molar-refractivity contribution in [1.82, 2.24) is 0 Å². The Morgan fingerprint density at radius 3 is 2.67 bits per heavy atom. The Kier molecular flexibility index (Phi) is 3.67. The molecule has 0 aliphatic heterocycles. The molecule has 0 bridgehead atoms. The fraction of sp³-hybridized carbons (Fsp3) is 0.182. The normalized spacial score (nSPS) is 9.92. The predicted molar refractivity (Wildman–Crippen MR) is 49.5 cm³/mol. The molecule has 0 saturated carbocycles. The first-order valence-corrected chi connectivity index (χ1v) is 4.02.